The third kappa shape index (κ3) is 3.60. The fourth-order valence-corrected chi connectivity index (χ4v) is 1.99. The van der Waals surface area contributed by atoms with Crippen LogP contribution in [0.15, 0.2) is 24.3 Å². The lowest BCUT2D eigenvalue weighted by atomic mass is 10.1. The highest BCUT2D eigenvalue weighted by Crippen LogP contribution is 2.39. The first kappa shape index (κ1) is 13.1. The van der Waals surface area contributed by atoms with Crippen molar-refractivity contribution < 1.29 is 9.57 Å². The molecule has 2 rings (SSSR count). The van der Waals surface area contributed by atoms with Crippen LogP contribution >= 0.6 is 0 Å². The third-order valence-electron chi connectivity index (χ3n) is 3.31. The van der Waals surface area contributed by atoms with Gasteiger partial charge in [0.15, 0.2) is 0 Å². The SMILES string of the molecule is COc1cccc(NNC2(CCCON)CC2)c1. The molecule has 1 aliphatic carbocycles. The summed E-state index contributed by atoms with van der Waals surface area (Å²) in [7, 11) is 1.67. The van der Waals surface area contributed by atoms with Gasteiger partial charge in [-0.05, 0) is 37.8 Å². The van der Waals surface area contributed by atoms with Gasteiger partial charge in [-0.25, -0.2) is 11.3 Å². The molecule has 100 valence electrons. The first-order valence-electron chi connectivity index (χ1n) is 6.27. The molecule has 1 fully saturated rings. The van der Waals surface area contributed by atoms with Crippen LogP contribution in [0.4, 0.5) is 5.69 Å². The van der Waals surface area contributed by atoms with Crippen LogP contribution in [0.2, 0.25) is 0 Å². The summed E-state index contributed by atoms with van der Waals surface area (Å²) in [5.41, 5.74) is 7.86. The Morgan fingerprint density at radius 1 is 1.39 bits per heavy atom. The Bertz CT molecular complexity index is 380. The van der Waals surface area contributed by atoms with Crippen LogP contribution in [0.25, 0.3) is 0 Å². The Hall–Kier alpha value is -1.30. The van der Waals surface area contributed by atoms with E-state index in [9.17, 15) is 0 Å². The average molecular weight is 251 g/mol. The molecule has 0 spiro atoms. The summed E-state index contributed by atoms with van der Waals surface area (Å²) >= 11 is 0. The van der Waals surface area contributed by atoms with E-state index in [1.807, 2.05) is 24.3 Å². The van der Waals surface area contributed by atoms with Gasteiger partial charge in [0.05, 0.1) is 19.4 Å². The molecular weight excluding hydrogens is 230 g/mol. The zero-order chi connectivity index (χ0) is 12.8. The molecular formula is C13H21N3O2. The molecule has 0 unspecified atom stereocenters. The highest BCUT2D eigenvalue weighted by molar-refractivity contribution is 5.47. The molecule has 0 radical (unpaired) electrons. The van der Waals surface area contributed by atoms with Gasteiger partial charge in [-0.2, -0.15) is 0 Å². The van der Waals surface area contributed by atoms with Crippen LogP contribution in [0, 0.1) is 0 Å². The van der Waals surface area contributed by atoms with Gasteiger partial charge in [-0.3, -0.25) is 0 Å². The van der Waals surface area contributed by atoms with Crippen LogP contribution in [0.3, 0.4) is 0 Å². The van der Waals surface area contributed by atoms with Crippen LogP contribution in [-0.2, 0) is 4.84 Å². The van der Waals surface area contributed by atoms with E-state index in [0.717, 1.165) is 24.3 Å². The molecule has 1 aromatic carbocycles. The minimum Gasteiger partial charge on any atom is -0.497 e. The zero-order valence-corrected chi connectivity index (χ0v) is 10.7. The molecule has 0 saturated heterocycles. The number of hydrogen-bond acceptors (Lipinski definition) is 5. The summed E-state index contributed by atoms with van der Waals surface area (Å²) in [6, 6.07) is 7.86. The maximum atomic E-state index is 5.18. The quantitative estimate of drug-likeness (QED) is 0.485. The summed E-state index contributed by atoms with van der Waals surface area (Å²) in [4.78, 5) is 4.59. The Labute approximate surface area is 108 Å². The fraction of sp³-hybridized carbons (Fsp3) is 0.538. The Balaban J connectivity index is 1.80. The smallest absolute Gasteiger partial charge is 0.120 e. The topological polar surface area (TPSA) is 68.5 Å². The van der Waals surface area contributed by atoms with E-state index >= 15 is 0 Å². The highest BCUT2D eigenvalue weighted by Gasteiger charge is 2.41. The highest BCUT2D eigenvalue weighted by atomic mass is 16.6. The second kappa shape index (κ2) is 6.04. The molecule has 0 atom stereocenters. The summed E-state index contributed by atoms with van der Waals surface area (Å²) in [5, 5.41) is 0. The number of benzene rings is 1. The Kier molecular flexibility index (Phi) is 4.41. The first-order chi connectivity index (χ1) is 8.78. The van der Waals surface area contributed by atoms with E-state index in [-0.39, 0.29) is 5.54 Å². The normalized spacial score (nSPS) is 16.3. The van der Waals surface area contributed by atoms with Crippen molar-refractivity contribution >= 4 is 5.69 Å². The lowest BCUT2D eigenvalue weighted by molar-refractivity contribution is 0.131. The van der Waals surface area contributed by atoms with Crippen molar-refractivity contribution in [3.8, 4) is 5.75 Å². The van der Waals surface area contributed by atoms with Crippen molar-refractivity contribution in [2.75, 3.05) is 19.1 Å². The molecule has 0 heterocycles. The van der Waals surface area contributed by atoms with Crippen molar-refractivity contribution in [1.29, 1.82) is 0 Å². The maximum absolute atomic E-state index is 5.18. The van der Waals surface area contributed by atoms with Crippen LogP contribution in [-0.4, -0.2) is 19.3 Å². The van der Waals surface area contributed by atoms with E-state index in [4.69, 9.17) is 10.6 Å². The molecule has 1 aromatic rings. The number of nitrogens with two attached hydrogens (primary N) is 1. The monoisotopic (exact) mass is 251 g/mol. The van der Waals surface area contributed by atoms with Crippen LogP contribution < -0.4 is 21.5 Å². The van der Waals surface area contributed by atoms with Crippen molar-refractivity contribution in [2.45, 2.75) is 31.2 Å². The van der Waals surface area contributed by atoms with Crippen molar-refractivity contribution in [1.82, 2.24) is 5.43 Å². The number of nitrogens with one attached hydrogen (secondary N) is 2. The molecule has 0 bridgehead atoms. The predicted octanol–water partition coefficient (Wildman–Crippen LogP) is 1.81. The lowest BCUT2D eigenvalue weighted by Crippen LogP contribution is -2.36. The van der Waals surface area contributed by atoms with E-state index in [2.05, 4.69) is 15.7 Å². The summed E-state index contributed by atoms with van der Waals surface area (Å²) in [5.74, 6) is 5.88. The standard InChI is InChI=1S/C13H21N3O2/c1-17-12-5-2-4-11(10-12)15-16-13(7-8-13)6-3-9-18-14/h2,4-5,10,15-16H,3,6-9,14H2,1H3. The second-order valence-corrected chi connectivity index (χ2v) is 4.74. The largest absolute Gasteiger partial charge is 0.497 e. The Morgan fingerprint density at radius 3 is 2.89 bits per heavy atom. The summed E-state index contributed by atoms with van der Waals surface area (Å²) in [6.45, 7) is 0.614. The average Bonchev–Trinajstić information content (AvgIpc) is 3.18. The van der Waals surface area contributed by atoms with Crippen LogP contribution in [0.5, 0.6) is 5.75 Å². The van der Waals surface area contributed by atoms with Crippen molar-refractivity contribution in [3.05, 3.63) is 24.3 Å². The van der Waals surface area contributed by atoms with E-state index in [0.29, 0.717) is 6.61 Å². The lowest BCUT2D eigenvalue weighted by Gasteiger charge is -2.19. The minimum absolute atomic E-state index is 0.210. The molecule has 0 aliphatic heterocycles. The predicted molar refractivity (Wildman–Crippen MR) is 71.1 cm³/mol. The number of hydrogen-bond donors (Lipinski definition) is 3. The molecule has 0 aromatic heterocycles. The number of methoxy groups -OCH3 is 1. The van der Waals surface area contributed by atoms with Crippen molar-refractivity contribution in [3.63, 3.8) is 0 Å². The van der Waals surface area contributed by atoms with Gasteiger partial charge in [-0.1, -0.05) is 6.07 Å². The van der Waals surface area contributed by atoms with Gasteiger partial charge in [0, 0.05) is 11.6 Å². The van der Waals surface area contributed by atoms with Gasteiger partial charge < -0.3 is 15.0 Å². The summed E-state index contributed by atoms with van der Waals surface area (Å²) in [6.07, 6.45) is 4.42. The van der Waals surface area contributed by atoms with Gasteiger partial charge in [0.2, 0.25) is 0 Å². The van der Waals surface area contributed by atoms with Gasteiger partial charge in [-0.15, -0.1) is 0 Å². The first-order valence-corrected chi connectivity index (χ1v) is 6.27. The Morgan fingerprint density at radius 2 is 2.22 bits per heavy atom. The summed E-state index contributed by atoms with van der Waals surface area (Å²) < 4.78 is 5.18. The molecule has 18 heavy (non-hydrogen) atoms. The molecule has 5 heteroatoms. The number of rotatable bonds is 8. The molecule has 1 saturated carbocycles. The van der Waals surface area contributed by atoms with Gasteiger partial charge in [0.1, 0.15) is 5.75 Å². The van der Waals surface area contributed by atoms with Gasteiger partial charge in [0.25, 0.3) is 0 Å². The van der Waals surface area contributed by atoms with Crippen LogP contribution in [0.1, 0.15) is 25.7 Å². The number of hydrazine groups is 1. The molecule has 0 amide bonds. The molecule has 1 aliphatic rings. The third-order valence-corrected chi connectivity index (χ3v) is 3.31. The zero-order valence-electron chi connectivity index (χ0n) is 10.7. The number of anilines is 1. The number of ether oxygens (including phenoxy) is 1. The molecule has 4 N–H and O–H groups in total. The van der Waals surface area contributed by atoms with Gasteiger partial charge >= 0.3 is 0 Å². The maximum Gasteiger partial charge on any atom is 0.120 e. The van der Waals surface area contributed by atoms with Crippen molar-refractivity contribution in [2.24, 2.45) is 5.90 Å². The minimum atomic E-state index is 0.210. The van der Waals surface area contributed by atoms with E-state index in [1.54, 1.807) is 7.11 Å². The molecule has 5 nitrogen and oxygen atoms in total. The van der Waals surface area contributed by atoms with E-state index < -0.39 is 0 Å². The van der Waals surface area contributed by atoms with E-state index in [1.165, 1.54) is 12.8 Å². The second-order valence-electron chi connectivity index (χ2n) is 4.74. The fourth-order valence-electron chi connectivity index (χ4n) is 1.99.